The van der Waals surface area contributed by atoms with Gasteiger partial charge in [-0.1, -0.05) is 59.6 Å². The normalized spacial score (nSPS) is 14.3. The second-order valence-electron chi connectivity index (χ2n) is 11.0. The Morgan fingerprint density at radius 1 is 0.851 bits per heavy atom. The average molecular weight is 675 g/mol. The lowest BCUT2D eigenvalue weighted by molar-refractivity contribution is -0.119. The van der Waals surface area contributed by atoms with Crippen molar-refractivity contribution in [3.63, 3.8) is 0 Å². The summed E-state index contributed by atoms with van der Waals surface area (Å²) >= 11 is 14.1. The van der Waals surface area contributed by atoms with Gasteiger partial charge in [-0.05, 0) is 25.7 Å². The number of nitrogens with zero attached hydrogens (tertiary/aromatic N) is 6. The van der Waals surface area contributed by atoms with Crippen LogP contribution in [0.2, 0.25) is 10.0 Å². The lowest BCUT2D eigenvalue weighted by atomic mass is 9.98. The Balaban J connectivity index is 1.22. The van der Waals surface area contributed by atoms with E-state index in [0.29, 0.717) is 81.8 Å². The van der Waals surface area contributed by atoms with Crippen molar-refractivity contribution in [1.29, 1.82) is 0 Å². The van der Waals surface area contributed by atoms with Crippen molar-refractivity contribution in [3.05, 3.63) is 82.4 Å². The van der Waals surface area contributed by atoms with Crippen LogP contribution in [0.3, 0.4) is 0 Å². The molecule has 2 aromatic carbocycles. The van der Waals surface area contributed by atoms with E-state index in [1.807, 2.05) is 36.4 Å². The van der Waals surface area contributed by atoms with Gasteiger partial charge in [0.15, 0.2) is 0 Å². The number of halogens is 2. The van der Waals surface area contributed by atoms with E-state index in [1.165, 1.54) is 6.33 Å². The number of H-pyrrole nitrogens is 1. The standard InChI is InChI=1S/C33H33Cl2N9O3/c1-46-32-24(11-3-6-19-12-13-29(45)41-19)37-15-25(42-32)22-9-4-7-20(30(22)34)21-8-5-10-23(31(21)35)26-16-38-27(33(43-26)47-2)14-36-17-28-39-18-40-44-28/h4-5,7-10,15-16,18-19,36H,3,6,11-14,17H2,1-2H3,(H,41,45)(H,39,40,44)/t19-/m1/s1. The number of aromatic amines is 1. The van der Waals surface area contributed by atoms with Gasteiger partial charge in [0.25, 0.3) is 0 Å². The van der Waals surface area contributed by atoms with Gasteiger partial charge in [0.2, 0.25) is 17.7 Å². The number of amides is 1. The summed E-state index contributed by atoms with van der Waals surface area (Å²) in [6.45, 7) is 0.910. The molecule has 5 aromatic rings. The van der Waals surface area contributed by atoms with Crippen molar-refractivity contribution in [2.75, 3.05) is 14.2 Å². The first-order valence-corrected chi connectivity index (χ1v) is 15.9. The quantitative estimate of drug-likeness (QED) is 0.144. The van der Waals surface area contributed by atoms with Crippen LogP contribution in [-0.2, 0) is 24.3 Å². The van der Waals surface area contributed by atoms with Crippen molar-refractivity contribution < 1.29 is 14.3 Å². The molecule has 12 nitrogen and oxygen atoms in total. The number of benzene rings is 2. The topological polar surface area (TPSA) is 153 Å². The molecular weight excluding hydrogens is 641 g/mol. The summed E-state index contributed by atoms with van der Waals surface area (Å²) in [7, 11) is 3.13. The van der Waals surface area contributed by atoms with Crippen LogP contribution in [0.25, 0.3) is 33.6 Å². The average Bonchev–Trinajstić information content (AvgIpc) is 3.77. The van der Waals surface area contributed by atoms with Crippen LogP contribution < -0.4 is 20.1 Å². The first kappa shape index (κ1) is 32.3. The smallest absolute Gasteiger partial charge is 0.237 e. The molecule has 1 aliphatic heterocycles. The number of ether oxygens (including phenoxy) is 2. The molecule has 3 aromatic heterocycles. The van der Waals surface area contributed by atoms with Crippen LogP contribution in [-0.4, -0.2) is 61.3 Å². The SMILES string of the molecule is COc1nc(-c2cccc(-c3cccc(-c4cnc(CNCc5ncn[nH]5)c(OC)n4)c3Cl)c2Cl)cnc1CCC[C@@H]1CCC(=O)N1. The number of methoxy groups -OCH3 is 2. The third kappa shape index (κ3) is 7.35. The van der Waals surface area contributed by atoms with E-state index >= 15 is 0 Å². The monoisotopic (exact) mass is 673 g/mol. The van der Waals surface area contributed by atoms with Crippen LogP contribution in [0.5, 0.6) is 11.8 Å². The molecule has 0 unspecified atom stereocenters. The molecule has 0 radical (unpaired) electrons. The fraction of sp³-hybridized carbons (Fsp3) is 0.303. The number of carbonyl (C=O) groups is 1. The Morgan fingerprint density at radius 2 is 1.47 bits per heavy atom. The van der Waals surface area contributed by atoms with Gasteiger partial charge in [0.05, 0.1) is 54.6 Å². The van der Waals surface area contributed by atoms with E-state index in [2.05, 4.69) is 35.8 Å². The van der Waals surface area contributed by atoms with Gasteiger partial charge >= 0.3 is 0 Å². The van der Waals surface area contributed by atoms with Crippen molar-refractivity contribution in [3.8, 4) is 45.4 Å². The highest BCUT2D eigenvalue weighted by molar-refractivity contribution is 6.39. The lowest BCUT2D eigenvalue weighted by Gasteiger charge is -2.15. The molecule has 47 heavy (non-hydrogen) atoms. The summed E-state index contributed by atoms with van der Waals surface area (Å²) < 4.78 is 11.2. The second-order valence-corrected chi connectivity index (χ2v) is 11.7. The highest BCUT2D eigenvalue weighted by Gasteiger charge is 2.22. The molecule has 1 fully saturated rings. The molecule has 0 aliphatic carbocycles. The van der Waals surface area contributed by atoms with Gasteiger partial charge in [-0.15, -0.1) is 0 Å². The third-order valence-electron chi connectivity index (χ3n) is 7.95. The largest absolute Gasteiger partial charge is 0.480 e. The van der Waals surface area contributed by atoms with Crippen LogP contribution in [0, 0.1) is 0 Å². The van der Waals surface area contributed by atoms with Crippen LogP contribution >= 0.6 is 23.2 Å². The molecule has 1 saturated heterocycles. The molecule has 4 heterocycles. The lowest BCUT2D eigenvalue weighted by Crippen LogP contribution is -2.25. The number of hydrogen-bond donors (Lipinski definition) is 3. The molecule has 0 saturated carbocycles. The number of rotatable bonds is 13. The highest BCUT2D eigenvalue weighted by Crippen LogP contribution is 2.42. The summed E-state index contributed by atoms with van der Waals surface area (Å²) in [5.41, 5.74) is 5.37. The number of carbonyl (C=O) groups excluding carboxylic acids is 1. The molecule has 1 amide bonds. The Labute approximate surface area is 281 Å². The maximum Gasteiger partial charge on any atom is 0.237 e. The minimum atomic E-state index is 0.121. The number of nitrogens with one attached hydrogen (secondary N) is 3. The van der Waals surface area contributed by atoms with Gasteiger partial charge in [-0.3, -0.25) is 19.9 Å². The van der Waals surface area contributed by atoms with E-state index in [1.54, 1.807) is 26.6 Å². The van der Waals surface area contributed by atoms with Gasteiger partial charge in [-0.25, -0.2) is 15.0 Å². The molecule has 0 bridgehead atoms. The first-order valence-electron chi connectivity index (χ1n) is 15.2. The Hall–Kier alpha value is -4.65. The summed E-state index contributed by atoms with van der Waals surface area (Å²) in [5.74, 6) is 1.67. The molecule has 1 atom stereocenters. The third-order valence-corrected chi connectivity index (χ3v) is 8.76. The maximum atomic E-state index is 11.5. The van der Waals surface area contributed by atoms with Crippen LogP contribution in [0.15, 0.2) is 55.1 Å². The van der Waals surface area contributed by atoms with Crippen LogP contribution in [0.4, 0.5) is 0 Å². The van der Waals surface area contributed by atoms with E-state index in [4.69, 9.17) is 42.6 Å². The molecule has 1 aliphatic rings. The fourth-order valence-corrected chi connectivity index (χ4v) is 6.22. The van der Waals surface area contributed by atoms with Crippen molar-refractivity contribution in [2.45, 2.75) is 51.2 Å². The van der Waals surface area contributed by atoms with E-state index in [-0.39, 0.29) is 11.9 Å². The molecule has 6 rings (SSSR count). The van der Waals surface area contributed by atoms with Gasteiger partial charge in [0.1, 0.15) is 23.5 Å². The first-order chi connectivity index (χ1) is 22.9. The van der Waals surface area contributed by atoms with Crippen LogP contribution in [0.1, 0.15) is 42.9 Å². The predicted molar refractivity (Wildman–Crippen MR) is 178 cm³/mol. The van der Waals surface area contributed by atoms with Crippen molar-refractivity contribution in [2.24, 2.45) is 0 Å². The van der Waals surface area contributed by atoms with Crippen molar-refractivity contribution >= 4 is 29.1 Å². The Kier molecular flexibility index (Phi) is 10.2. The number of aryl methyl sites for hydroxylation is 1. The maximum absolute atomic E-state index is 11.5. The molecule has 0 spiro atoms. The number of hydrogen-bond acceptors (Lipinski definition) is 10. The molecular formula is C33H33Cl2N9O3. The predicted octanol–water partition coefficient (Wildman–Crippen LogP) is 5.60. The van der Waals surface area contributed by atoms with Crippen molar-refractivity contribution in [1.82, 2.24) is 45.8 Å². The molecule has 3 N–H and O–H groups in total. The zero-order valence-electron chi connectivity index (χ0n) is 25.9. The Bertz CT molecular complexity index is 1870. The summed E-state index contributed by atoms with van der Waals surface area (Å²) in [4.78, 5) is 34.3. The summed E-state index contributed by atoms with van der Waals surface area (Å²) in [5, 5.41) is 13.9. The summed E-state index contributed by atoms with van der Waals surface area (Å²) in [6, 6.07) is 11.6. The van der Waals surface area contributed by atoms with E-state index in [9.17, 15) is 4.79 Å². The Morgan fingerprint density at radius 3 is 2.04 bits per heavy atom. The minimum absolute atomic E-state index is 0.121. The summed E-state index contributed by atoms with van der Waals surface area (Å²) in [6.07, 6.45) is 8.74. The molecule has 242 valence electrons. The van der Waals surface area contributed by atoms with Gasteiger partial charge in [0, 0.05) is 41.3 Å². The molecule has 14 heteroatoms. The van der Waals surface area contributed by atoms with E-state index in [0.717, 1.165) is 36.1 Å². The van der Waals surface area contributed by atoms with E-state index < -0.39 is 0 Å². The number of aromatic nitrogens is 7. The zero-order valence-corrected chi connectivity index (χ0v) is 27.4. The minimum Gasteiger partial charge on any atom is -0.480 e. The highest BCUT2D eigenvalue weighted by atomic mass is 35.5. The van der Waals surface area contributed by atoms with Gasteiger partial charge in [-0.2, -0.15) is 5.10 Å². The second kappa shape index (κ2) is 14.8. The fourth-order valence-electron chi connectivity index (χ4n) is 5.57. The van der Waals surface area contributed by atoms with Gasteiger partial charge < -0.3 is 20.1 Å². The zero-order chi connectivity index (χ0) is 32.8.